The van der Waals surface area contributed by atoms with Gasteiger partial charge in [-0.1, -0.05) is 0 Å². The lowest BCUT2D eigenvalue weighted by atomic mass is 9.83. The van der Waals surface area contributed by atoms with Gasteiger partial charge in [-0.2, -0.15) is 5.10 Å². The number of nitrogens with one attached hydrogen (secondary N) is 1. The van der Waals surface area contributed by atoms with E-state index < -0.39 is 0 Å². The summed E-state index contributed by atoms with van der Waals surface area (Å²) in [5.41, 5.74) is 3.20. The van der Waals surface area contributed by atoms with Crippen molar-refractivity contribution in [1.29, 1.82) is 0 Å². The number of aryl methyl sites for hydroxylation is 1. The Morgan fingerprint density at radius 3 is 2.69 bits per heavy atom. The fourth-order valence-corrected chi connectivity index (χ4v) is 4.27. The molecule has 0 radical (unpaired) electrons. The predicted octanol–water partition coefficient (Wildman–Crippen LogP) is 0.867. The lowest BCUT2D eigenvalue weighted by Gasteiger charge is -2.47. The minimum atomic E-state index is 0.132. The summed E-state index contributed by atoms with van der Waals surface area (Å²) in [5, 5.41) is 7.62. The first-order valence-electron chi connectivity index (χ1n) is 9.64. The molecule has 2 amide bonds. The van der Waals surface area contributed by atoms with Crippen molar-refractivity contribution in [2.75, 3.05) is 33.2 Å². The summed E-state index contributed by atoms with van der Waals surface area (Å²) in [6.07, 6.45) is 2.37. The molecule has 2 aliphatic rings. The highest BCUT2D eigenvalue weighted by Crippen LogP contribution is 2.31. The molecule has 2 saturated heterocycles. The second-order valence-corrected chi connectivity index (χ2v) is 7.64. The number of likely N-dealkylation sites (N-methyl/N-ethyl adjacent to an activating group) is 1. The number of nitrogens with zero attached hydrogens (tertiary/aromatic N) is 4. The molecule has 0 aliphatic carbocycles. The lowest BCUT2D eigenvalue weighted by molar-refractivity contribution is -0.144. The number of aromatic nitrogens is 2. The van der Waals surface area contributed by atoms with Crippen LogP contribution in [0.4, 0.5) is 0 Å². The molecular weight excluding hydrogens is 330 g/mol. The highest BCUT2D eigenvalue weighted by Gasteiger charge is 2.40. The molecule has 7 nitrogen and oxygen atoms in total. The van der Waals surface area contributed by atoms with E-state index >= 15 is 0 Å². The molecule has 7 heteroatoms. The molecule has 3 heterocycles. The first kappa shape index (κ1) is 18.9. The van der Waals surface area contributed by atoms with E-state index in [0.717, 1.165) is 56.0 Å². The molecule has 2 atom stereocenters. The minimum Gasteiger partial charge on any atom is -0.341 e. The fraction of sp³-hybridized carbons (Fsp3) is 0.737. The van der Waals surface area contributed by atoms with Gasteiger partial charge in [0.15, 0.2) is 0 Å². The second-order valence-electron chi connectivity index (χ2n) is 7.64. The van der Waals surface area contributed by atoms with Gasteiger partial charge in [-0.15, -0.1) is 0 Å². The first-order valence-corrected chi connectivity index (χ1v) is 9.64. The van der Waals surface area contributed by atoms with Crippen molar-refractivity contribution in [3.63, 3.8) is 0 Å². The van der Waals surface area contributed by atoms with Crippen LogP contribution in [0.15, 0.2) is 0 Å². The Bertz CT molecular complexity index is 684. The number of carbonyl (C=O) groups is 2. The van der Waals surface area contributed by atoms with Gasteiger partial charge in [0.25, 0.3) is 0 Å². The minimum absolute atomic E-state index is 0.132. The second kappa shape index (κ2) is 7.78. The molecule has 1 aromatic heterocycles. The number of rotatable bonds is 5. The molecule has 1 N–H and O–H groups in total. The molecule has 3 rings (SSSR count). The van der Waals surface area contributed by atoms with Crippen LogP contribution < -0.4 is 5.32 Å². The van der Waals surface area contributed by atoms with E-state index in [1.165, 1.54) is 0 Å². The largest absolute Gasteiger partial charge is 0.341 e. The third kappa shape index (κ3) is 3.63. The Morgan fingerprint density at radius 2 is 2.04 bits per heavy atom. The van der Waals surface area contributed by atoms with Crippen molar-refractivity contribution in [2.24, 2.45) is 5.92 Å². The van der Waals surface area contributed by atoms with E-state index in [1.807, 2.05) is 42.3 Å². The van der Waals surface area contributed by atoms with E-state index in [4.69, 9.17) is 0 Å². The average molecular weight is 361 g/mol. The van der Waals surface area contributed by atoms with Crippen molar-refractivity contribution in [3.05, 3.63) is 17.0 Å². The van der Waals surface area contributed by atoms with Gasteiger partial charge in [0.1, 0.15) is 6.54 Å². The number of hydrogen-bond donors (Lipinski definition) is 1. The molecule has 144 valence electrons. The van der Waals surface area contributed by atoms with Gasteiger partial charge in [-0.3, -0.25) is 14.3 Å². The lowest BCUT2D eigenvalue weighted by Crippen LogP contribution is -2.58. The molecule has 0 aromatic carbocycles. The maximum atomic E-state index is 12.8. The number of likely N-dealkylation sites (tertiary alicyclic amines) is 2. The van der Waals surface area contributed by atoms with E-state index in [2.05, 4.69) is 10.4 Å². The average Bonchev–Trinajstić information content (AvgIpc) is 2.87. The summed E-state index contributed by atoms with van der Waals surface area (Å²) in [7, 11) is 1.91. The highest BCUT2D eigenvalue weighted by atomic mass is 16.2. The Kier molecular flexibility index (Phi) is 5.65. The normalized spacial score (nSPS) is 23.3. The Balaban J connectivity index is 1.63. The molecule has 2 fully saturated rings. The quantitative estimate of drug-likeness (QED) is 0.845. The Labute approximate surface area is 155 Å². The van der Waals surface area contributed by atoms with Gasteiger partial charge < -0.3 is 15.1 Å². The van der Waals surface area contributed by atoms with Gasteiger partial charge in [-0.25, -0.2) is 0 Å². The summed E-state index contributed by atoms with van der Waals surface area (Å²) in [6, 6.07) is 0.282. The molecular formula is C19H31N5O2. The van der Waals surface area contributed by atoms with Gasteiger partial charge >= 0.3 is 0 Å². The van der Waals surface area contributed by atoms with Crippen LogP contribution in [0.2, 0.25) is 0 Å². The summed E-state index contributed by atoms with van der Waals surface area (Å²) in [4.78, 5) is 29.1. The predicted molar refractivity (Wildman–Crippen MR) is 99.8 cm³/mol. The molecule has 1 aromatic rings. The van der Waals surface area contributed by atoms with Crippen LogP contribution in [-0.4, -0.2) is 70.7 Å². The summed E-state index contributed by atoms with van der Waals surface area (Å²) < 4.78 is 1.82. The number of fused-ring (bicyclic) bond motifs is 1. The fourth-order valence-electron chi connectivity index (χ4n) is 4.27. The molecule has 0 unspecified atom stereocenters. The third-order valence-electron chi connectivity index (χ3n) is 6.13. The molecule has 0 saturated carbocycles. The number of piperidine rings is 2. The van der Waals surface area contributed by atoms with E-state index in [0.29, 0.717) is 18.9 Å². The number of carbonyl (C=O) groups excluding carboxylic acids is 2. The Hall–Kier alpha value is -1.89. The van der Waals surface area contributed by atoms with Crippen LogP contribution in [-0.2, 0) is 16.1 Å². The molecule has 2 aliphatic heterocycles. The molecule has 26 heavy (non-hydrogen) atoms. The topological polar surface area (TPSA) is 70.5 Å². The first-order chi connectivity index (χ1) is 12.4. The van der Waals surface area contributed by atoms with Gasteiger partial charge in [0.05, 0.1) is 5.69 Å². The van der Waals surface area contributed by atoms with Gasteiger partial charge in [-0.05, 0) is 52.1 Å². The Morgan fingerprint density at radius 1 is 1.27 bits per heavy atom. The van der Waals surface area contributed by atoms with Crippen LogP contribution in [0.3, 0.4) is 0 Å². The summed E-state index contributed by atoms with van der Waals surface area (Å²) in [5.74, 6) is 0.788. The van der Waals surface area contributed by atoms with E-state index in [9.17, 15) is 9.59 Å². The molecule has 0 spiro atoms. The zero-order chi connectivity index (χ0) is 18.8. The monoisotopic (exact) mass is 361 g/mol. The van der Waals surface area contributed by atoms with Gasteiger partial charge in [0.2, 0.25) is 11.8 Å². The van der Waals surface area contributed by atoms with Crippen LogP contribution in [0.5, 0.6) is 0 Å². The standard InChI is InChI=1S/C19H31N5O2/c1-13-14(2)21-24(15(13)3)12-19(26)22-9-7-17-16(11-22)5-6-18(25)23(17)10-8-20-4/h16-17,20H,5-12H2,1-4H3/t16-,17+/m0/s1. The summed E-state index contributed by atoms with van der Waals surface area (Å²) >= 11 is 0. The van der Waals surface area contributed by atoms with Crippen LogP contribution in [0.25, 0.3) is 0 Å². The zero-order valence-corrected chi connectivity index (χ0v) is 16.4. The number of hydrogen-bond acceptors (Lipinski definition) is 4. The van der Waals surface area contributed by atoms with Gasteiger partial charge in [0, 0.05) is 44.3 Å². The smallest absolute Gasteiger partial charge is 0.244 e. The maximum Gasteiger partial charge on any atom is 0.244 e. The van der Waals surface area contributed by atoms with Crippen molar-refractivity contribution in [1.82, 2.24) is 24.9 Å². The number of amides is 2. The van der Waals surface area contributed by atoms with Crippen LogP contribution in [0.1, 0.15) is 36.2 Å². The third-order valence-corrected chi connectivity index (χ3v) is 6.13. The van der Waals surface area contributed by atoms with Crippen LogP contribution in [0, 0.1) is 26.7 Å². The van der Waals surface area contributed by atoms with Crippen molar-refractivity contribution >= 4 is 11.8 Å². The van der Waals surface area contributed by atoms with Crippen molar-refractivity contribution < 1.29 is 9.59 Å². The van der Waals surface area contributed by atoms with Crippen molar-refractivity contribution in [2.45, 2.75) is 52.6 Å². The molecule has 0 bridgehead atoms. The SMILES string of the molecule is CNCCN1C(=O)CC[C@H]2CN(C(=O)Cn3nc(C)c(C)c3C)CC[C@H]21. The highest BCUT2D eigenvalue weighted by molar-refractivity contribution is 5.78. The van der Waals surface area contributed by atoms with E-state index in [-0.39, 0.29) is 17.9 Å². The van der Waals surface area contributed by atoms with Crippen LogP contribution >= 0.6 is 0 Å². The summed E-state index contributed by atoms with van der Waals surface area (Å²) in [6.45, 7) is 9.40. The zero-order valence-electron chi connectivity index (χ0n) is 16.4. The maximum absolute atomic E-state index is 12.8. The van der Waals surface area contributed by atoms with Crippen molar-refractivity contribution in [3.8, 4) is 0 Å². The van der Waals surface area contributed by atoms with E-state index in [1.54, 1.807) is 0 Å².